The van der Waals surface area contributed by atoms with Gasteiger partial charge < -0.3 is 10.1 Å². The molecule has 1 aromatic rings. The molecule has 1 aliphatic rings. The fourth-order valence-corrected chi connectivity index (χ4v) is 2.96. The van der Waals surface area contributed by atoms with E-state index in [1.165, 1.54) is 30.4 Å². The van der Waals surface area contributed by atoms with E-state index < -0.39 is 0 Å². The molecule has 0 amide bonds. The van der Waals surface area contributed by atoms with E-state index >= 15 is 0 Å². The third kappa shape index (κ3) is 3.50. The molecular formula is C17H27NO. The summed E-state index contributed by atoms with van der Waals surface area (Å²) >= 11 is 0. The predicted molar refractivity (Wildman–Crippen MR) is 80.8 cm³/mol. The van der Waals surface area contributed by atoms with Crippen molar-refractivity contribution in [2.45, 2.75) is 65.0 Å². The summed E-state index contributed by atoms with van der Waals surface area (Å²) in [5.41, 5.74) is 2.95. The lowest BCUT2D eigenvalue weighted by Crippen LogP contribution is -2.25. The SMILES string of the molecule is CCNC1CCCc2ccc(OC(CC)CC)cc21. The van der Waals surface area contributed by atoms with E-state index in [4.69, 9.17) is 4.74 Å². The minimum Gasteiger partial charge on any atom is -0.490 e. The van der Waals surface area contributed by atoms with Crippen LogP contribution in [0.2, 0.25) is 0 Å². The van der Waals surface area contributed by atoms with Crippen LogP contribution in [-0.4, -0.2) is 12.6 Å². The van der Waals surface area contributed by atoms with Crippen molar-refractivity contribution in [2.24, 2.45) is 0 Å². The minimum absolute atomic E-state index is 0.347. The van der Waals surface area contributed by atoms with Crippen LogP contribution in [0, 0.1) is 0 Å². The van der Waals surface area contributed by atoms with Crippen LogP contribution in [0.3, 0.4) is 0 Å². The van der Waals surface area contributed by atoms with Crippen molar-refractivity contribution in [3.8, 4) is 5.75 Å². The summed E-state index contributed by atoms with van der Waals surface area (Å²) in [6, 6.07) is 7.18. The van der Waals surface area contributed by atoms with Gasteiger partial charge in [-0.1, -0.05) is 26.8 Å². The zero-order valence-corrected chi connectivity index (χ0v) is 12.5. The Morgan fingerprint density at radius 1 is 1.26 bits per heavy atom. The van der Waals surface area contributed by atoms with E-state index in [9.17, 15) is 0 Å². The van der Waals surface area contributed by atoms with Gasteiger partial charge in [0.2, 0.25) is 0 Å². The van der Waals surface area contributed by atoms with Gasteiger partial charge in [-0.25, -0.2) is 0 Å². The number of nitrogens with one attached hydrogen (secondary N) is 1. The van der Waals surface area contributed by atoms with Gasteiger partial charge in [-0.05, 0) is 61.9 Å². The molecule has 0 aliphatic heterocycles. The first-order chi connectivity index (χ1) is 9.28. The molecule has 1 aliphatic carbocycles. The first kappa shape index (κ1) is 14.4. The number of benzene rings is 1. The Morgan fingerprint density at radius 2 is 2.05 bits per heavy atom. The van der Waals surface area contributed by atoms with Crippen molar-refractivity contribution in [3.05, 3.63) is 29.3 Å². The summed E-state index contributed by atoms with van der Waals surface area (Å²) < 4.78 is 6.08. The van der Waals surface area contributed by atoms with Crippen molar-refractivity contribution >= 4 is 0 Å². The smallest absolute Gasteiger partial charge is 0.120 e. The molecule has 2 nitrogen and oxygen atoms in total. The van der Waals surface area contributed by atoms with Crippen molar-refractivity contribution in [1.82, 2.24) is 5.32 Å². The Bertz CT molecular complexity index is 398. The molecule has 0 radical (unpaired) electrons. The van der Waals surface area contributed by atoms with Crippen molar-refractivity contribution in [3.63, 3.8) is 0 Å². The number of fused-ring (bicyclic) bond motifs is 1. The van der Waals surface area contributed by atoms with Gasteiger partial charge in [-0.2, -0.15) is 0 Å². The van der Waals surface area contributed by atoms with Gasteiger partial charge in [0, 0.05) is 6.04 Å². The first-order valence-corrected chi connectivity index (χ1v) is 7.81. The molecule has 1 atom stereocenters. The van der Waals surface area contributed by atoms with E-state index in [2.05, 4.69) is 44.3 Å². The molecule has 1 N–H and O–H groups in total. The highest BCUT2D eigenvalue weighted by molar-refractivity contribution is 5.39. The first-order valence-electron chi connectivity index (χ1n) is 7.81. The average molecular weight is 261 g/mol. The zero-order chi connectivity index (χ0) is 13.7. The predicted octanol–water partition coefficient (Wildman–Crippen LogP) is 4.24. The maximum Gasteiger partial charge on any atom is 0.120 e. The average Bonchev–Trinajstić information content (AvgIpc) is 2.45. The van der Waals surface area contributed by atoms with Gasteiger partial charge in [-0.15, -0.1) is 0 Å². The van der Waals surface area contributed by atoms with Gasteiger partial charge in [0.05, 0.1) is 6.10 Å². The van der Waals surface area contributed by atoms with E-state index in [1.54, 1.807) is 0 Å². The fraction of sp³-hybridized carbons (Fsp3) is 0.647. The lowest BCUT2D eigenvalue weighted by atomic mass is 9.87. The standard InChI is InChI=1S/C17H27NO/c1-4-14(5-2)19-15-11-10-13-8-7-9-17(18-6-3)16(13)12-15/h10-12,14,17-18H,4-9H2,1-3H3. The van der Waals surface area contributed by atoms with E-state index in [-0.39, 0.29) is 0 Å². The van der Waals surface area contributed by atoms with E-state index in [0.29, 0.717) is 12.1 Å². The molecule has 0 spiro atoms. The molecular weight excluding hydrogens is 234 g/mol. The highest BCUT2D eigenvalue weighted by Gasteiger charge is 2.20. The highest BCUT2D eigenvalue weighted by Crippen LogP contribution is 2.32. The zero-order valence-electron chi connectivity index (χ0n) is 12.5. The maximum absolute atomic E-state index is 6.08. The molecule has 106 valence electrons. The quantitative estimate of drug-likeness (QED) is 0.827. The van der Waals surface area contributed by atoms with Gasteiger partial charge in [0.25, 0.3) is 0 Å². The second-order valence-corrected chi connectivity index (χ2v) is 5.42. The van der Waals surface area contributed by atoms with Crippen LogP contribution < -0.4 is 10.1 Å². The summed E-state index contributed by atoms with van der Waals surface area (Å²) in [7, 11) is 0. The topological polar surface area (TPSA) is 21.3 Å². The van der Waals surface area contributed by atoms with Crippen molar-refractivity contribution in [1.29, 1.82) is 0 Å². The summed E-state index contributed by atoms with van der Waals surface area (Å²) in [5, 5.41) is 3.59. The van der Waals surface area contributed by atoms with Gasteiger partial charge in [0.15, 0.2) is 0 Å². The fourth-order valence-electron chi connectivity index (χ4n) is 2.96. The van der Waals surface area contributed by atoms with Crippen LogP contribution in [0.25, 0.3) is 0 Å². The van der Waals surface area contributed by atoms with Crippen LogP contribution in [0.4, 0.5) is 0 Å². The second kappa shape index (κ2) is 6.95. The van der Waals surface area contributed by atoms with Crippen LogP contribution >= 0.6 is 0 Å². The molecule has 0 saturated heterocycles. The lowest BCUT2D eigenvalue weighted by Gasteiger charge is -2.27. The third-order valence-corrected chi connectivity index (χ3v) is 4.10. The maximum atomic E-state index is 6.08. The van der Waals surface area contributed by atoms with Crippen LogP contribution in [0.15, 0.2) is 18.2 Å². The Balaban J connectivity index is 2.18. The Labute approximate surface area is 117 Å². The van der Waals surface area contributed by atoms with Crippen molar-refractivity contribution in [2.75, 3.05) is 6.54 Å². The van der Waals surface area contributed by atoms with Crippen LogP contribution in [0.1, 0.15) is 63.6 Å². The van der Waals surface area contributed by atoms with Gasteiger partial charge in [-0.3, -0.25) is 0 Å². The molecule has 1 aromatic carbocycles. The number of rotatable bonds is 6. The third-order valence-electron chi connectivity index (χ3n) is 4.10. The van der Waals surface area contributed by atoms with E-state index in [0.717, 1.165) is 25.1 Å². The molecule has 0 saturated carbocycles. The normalized spacial score (nSPS) is 18.4. The number of hydrogen-bond acceptors (Lipinski definition) is 2. The molecule has 0 bridgehead atoms. The second-order valence-electron chi connectivity index (χ2n) is 5.42. The molecule has 2 rings (SSSR count). The van der Waals surface area contributed by atoms with Crippen LogP contribution in [-0.2, 0) is 6.42 Å². The highest BCUT2D eigenvalue weighted by atomic mass is 16.5. The molecule has 0 heterocycles. The Hall–Kier alpha value is -1.02. The van der Waals surface area contributed by atoms with Crippen LogP contribution in [0.5, 0.6) is 5.75 Å². The summed E-state index contributed by atoms with van der Waals surface area (Å²) in [6.45, 7) is 7.59. The molecule has 1 unspecified atom stereocenters. The monoisotopic (exact) mass is 261 g/mol. The number of ether oxygens (including phenoxy) is 1. The molecule has 19 heavy (non-hydrogen) atoms. The number of aryl methyl sites for hydroxylation is 1. The molecule has 2 heteroatoms. The Morgan fingerprint density at radius 3 is 2.74 bits per heavy atom. The van der Waals surface area contributed by atoms with Crippen molar-refractivity contribution < 1.29 is 4.74 Å². The lowest BCUT2D eigenvalue weighted by molar-refractivity contribution is 0.192. The molecule has 0 aromatic heterocycles. The van der Waals surface area contributed by atoms with E-state index in [1.807, 2.05) is 0 Å². The Kier molecular flexibility index (Phi) is 5.26. The summed E-state index contributed by atoms with van der Waals surface area (Å²) in [6.07, 6.45) is 6.24. The summed E-state index contributed by atoms with van der Waals surface area (Å²) in [5.74, 6) is 1.04. The van der Waals surface area contributed by atoms with Gasteiger partial charge in [0.1, 0.15) is 5.75 Å². The minimum atomic E-state index is 0.347. The molecule has 0 fully saturated rings. The number of hydrogen-bond donors (Lipinski definition) is 1. The summed E-state index contributed by atoms with van der Waals surface area (Å²) in [4.78, 5) is 0. The largest absolute Gasteiger partial charge is 0.490 e. The van der Waals surface area contributed by atoms with Gasteiger partial charge >= 0.3 is 0 Å².